The molecular formula is C17H24N2O2. The monoisotopic (exact) mass is 288 g/mol. The minimum absolute atomic E-state index is 0.0521. The van der Waals surface area contributed by atoms with Crippen molar-refractivity contribution in [3.05, 3.63) is 23.3 Å². The van der Waals surface area contributed by atoms with Gasteiger partial charge in [0.1, 0.15) is 11.4 Å². The molecule has 0 spiro atoms. The number of likely N-dealkylation sites (tertiary alicyclic amines) is 1. The second-order valence-electron chi connectivity index (χ2n) is 6.81. The van der Waals surface area contributed by atoms with Crippen molar-refractivity contribution < 1.29 is 9.53 Å². The van der Waals surface area contributed by atoms with E-state index in [-0.39, 0.29) is 11.5 Å². The van der Waals surface area contributed by atoms with E-state index < -0.39 is 0 Å². The number of anilines is 1. The van der Waals surface area contributed by atoms with Crippen LogP contribution in [0.5, 0.6) is 5.75 Å². The molecule has 0 radical (unpaired) electrons. The lowest BCUT2D eigenvalue weighted by molar-refractivity contribution is -0.117. The lowest BCUT2D eigenvalue weighted by Gasteiger charge is -2.19. The summed E-state index contributed by atoms with van der Waals surface area (Å²) in [5, 5.41) is 3.03. The summed E-state index contributed by atoms with van der Waals surface area (Å²) in [5.74, 6) is 0.908. The smallest absolute Gasteiger partial charge is 0.238 e. The summed E-state index contributed by atoms with van der Waals surface area (Å²) >= 11 is 0. The van der Waals surface area contributed by atoms with Gasteiger partial charge in [0.15, 0.2) is 0 Å². The van der Waals surface area contributed by atoms with Crippen LogP contribution in [0.3, 0.4) is 0 Å². The first-order chi connectivity index (χ1) is 9.94. The average Bonchev–Trinajstić information content (AvgIpc) is 3.00. The van der Waals surface area contributed by atoms with E-state index in [2.05, 4.69) is 37.1 Å². The van der Waals surface area contributed by atoms with E-state index in [0.717, 1.165) is 30.9 Å². The van der Waals surface area contributed by atoms with Crippen molar-refractivity contribution in [3.63, 3.8) is 0 Å². The Morgan fingerprint density at radius 1 is 1.33 bits per heavy atom. The van der Waals surface area contributed by atoms with Crippen LogP contribution in [0.25, 0.3) is 0 Å². The van der Waals surface area contributed by atoms with E-state index in [1.807, 2.05) is 6.07 Å². The number of carbonyl (C=O) groups is 1. The van der Waals surface area contributed by atoms with Gasteiger partial charge >= 0.3 is 0 Å². The number of benzene rings is 1. The maximum absolute atomic E-state index is 12.2. The van der Waals surface area contributed by atoms with Crippen LogP contribution in [0.4, 0.5) is 5.69 Å². The number of nitrogens with one attached hydrogen (secondary N) is 1. The fourth-order valence-corrected chi connectivity index (χ4v) is 3.23. The summed E-state index contributed by atoms with van der Waals surface area (Å²) in [7, 11) is 0. The maximum Gasteiger partial charge on any atom is 0.238 e. The Hall–Kier alpha value is -1.55. The fourth-order valence-electron chi connectivity index (χ4n) is 3.23. The second-order valence-corrected chi connectivity index (χ2v) is 6.81. The van der Waals surface area contributed by atoms with Gasteiger partial charge in [-0.25, -0.2) is 0 Å². The van der Waals surface area contributed by atoms with Crippen LogP contribution < -0.4 is 10.1 Å². The Bertz CT molecular complexity index is 560. The van der Waals surface area contributed by atoms with Crippen molar-refractivity contribution in [2.75, 3.05) is 25.0 Å². The number of amides is 1. The standard InChI is InChI=1S/C17H24N2O2/c1-12-6-7-14(16-13(12)10-17(2,3)21-16)18-15(20)11-19-8-4-5-9-19/h6-7H,4-5,8-11H2,1-3H3,(H,18,20). The first-order valence-electron chi connectivity index (χ1n) is 7.78. The molecule has 4 heteroatoms. The van der Waals surface area contributed by atoms with Crippen molar-refractivity contribution >= 4 is 11.6 Å². The third-order valence-corrected chi connectivity index (χ3v) is 4.32. The Morgan fingerprint density at radius 3 is 2.76 bits per heavy atom. The summed E-state index contributed by atoms with van der Waals surface area (Å²) in [6.07, 6.45) is 3.29. The number of carbonyl (C=O) groups excluding carboxylic acids is 1. The van der Waals surface area contributed by atoms with Gasteiger partial charge in [0, 0.05) is 12.0 Å². The highest BCUT2D eigenvalue weighted by Crippen LogP contribution is 2.42. The number of aryl methyl sites for hydroxylation is 1. The molecule has 114 valence electrons. The molecular weight excluding hydrogens is 264 g/mol. The number of hydrogen-bond acceptors (Lipinski definition) is 3. The van der Waals surface area contributed by atoms with Crippen molar-refractivity contribution in [1.82, 2.24) is 4.90 Å². The molecule has 0 bridgehead atoms. The minimum Gasteiger partial charge on any atom is -0.485 e. The van der Waals surface area contributed by atoms with Crippen LogP contribution in [-0.4, -0.2) is 36.0 Å². The predicted molar refractivity (Wildman–Crippen MR) is 83.9 cm³/mol. The zero-order valence-electron chi connectivity index (χ0n) is 13.2. The van der Waals surface area contributed by atoms with Gasteiger partial charge in [-0.3, -0.25) is 9.69 Å². The third-order valence-electron chi connectivity index (χ3n) is 4.32. The Labute approximate surface area is 126 Å². The molecule has 2 heterocycles. The zero-order chi connectivity index (χ0) is 15.0. The lowest BCUT2D eigenvalue weighted by Crippen LogP contribution is -2.31. The van der Waals surface area contributed by atoms with E-state index in [9.17, 15) is 4.79 Å². The topological polar surface area (TPSA) is 41.6 Å². The minimum atomic E-state index is -0.192. The highest BCUT2D eigenvalue weighted by Gasteiger charge is 2.33. The van der Waals surface area contributed by atoms with Gasteiger partial charge in [-0.1, -0.05) is 6.07 Å². The van der Waals surface area contributed by atoms with E-state index in [4.69, 9.17) is 4.74 Å². The quantitative estimate of drug-likeness (QED) is 0.930. The van der Waals surface area contributed by atoms with Crippen molar-refractivity contribution in [2.24, 2.45) is 0 Å². The Balaban J connectivity index is 1.75. The summed E-state index contributed by atoms with van der Waals surface area (Å²) in [6.45, 7) is 8.81. The molecule has 0 saturated carbocycles. The second kappa shape index (κ2) is 5.34. The number of hydrogen-bond donors (Lipinski definition) is 1. The summed E-state index contributed by atoms with van der Waals surface area (Å²) in [6, 6.07) is 4.02. The van der Waals surface area contributed by atoms with Crippen molar-refractivity contribution in [2.45, 2.75) is 45.6 Å². The van der Waals surface area contributed by atoms with Gasteiger partial charge in [-0.2, -0.15) is 0 Å². The number of ether oxygens (including phenoxy) is 1. The predicted octanol–water partition coefficient (Wildman–Crippen LogP) is 2.74. The average molecular weight is 288 g/mol. The molecule has 1 amide bonds. The molecule has 2 aliphatic heterocycles. The molecule has 3 rings (SSSR count). The van der Waals surface area contributed by atoms with Crippen LogP contribution in [0.2, 0.25) is 0 Å². The summed E-state index contributed by atoms with van der Waals surface area (Å²) in [5.41, 5.74) is 3.07. The molecule has 1 N–H and O–H groups in total. The molecule has 0 aliphatic carbocycles. The summed E-state index contributed by atoms with van der Waals surface area (Å²) in [4.78, 5) is 14.4. The third kappa shape index (κ3) is 3.05. The molecule has 4 nitrogen and oxygen atoms in total. The van der Waals surface area contributed by atoms with Gasteiger partial charge in [0.05, 0.1) is 12.2 Å². The number of nitrogens with zero attached hydrogens (tertiary/aromatic N) is 1. The van der Waals surface area contributed by atoms with Crippen LogP contribution in [-0.2, 0) is 11.2 Å². The normalized spacial score (nSPS) is 20.1. The molecule has 0 atom stereocenters. The first kappa shape index (κ1) is 14.4. The number of fused-ring (bicyclic) bond motifs is 1. The Morgan fingerprint density at radius 2 is 2.05 bits per heavy atom. The lowest BCUT2D eigenvalue weighted by atomic mass is 9.98. The van der Waals surface area contributed by atoms with E-state index in [0.29, 0.717) is 6.54 Å². The molecule has 1 fully saturated rings. The van der Waals surface area contributed by atoms with Gasteiger partial charge in [-0.05, 0) is 58.3 Å². The molecule has 1 aromatic rings. The van der Waals surface area contributed by atoms with Crippen LogP contribution in [0.15, 0.2) is 12.1 Å². The number of rotatable bonds is 3. The van der Waals surface area contributed by atoms with E-state index in [1.165, 1.54) is 24.0 Å². The summed E-state index contributed by atoms with van der Waals surface area (Å²) < 4.78 is 6.05. The maximum atomic E-state index is 12.2. The SMILES string of the molecule is Cc1ccc(NC(=O)CN2CCCC2)c2c1CC(C)(C)O2. The van der Waals surface area contributed by atoms with E-state index in [1.54, 1.807) is 0 Å². The molecule has 1 aromatic carbocycles. The van der Waals surface area contributed by atoms with Gasteiger partial charge in [0.25, 0.3) is 0 Å². The highest BCUT2D eigenvalue weighted by atomic mass is 16.5. The van der Waals surface area contributed by atoms with Gasteiger partial charge in [0.2, 0.25) is 5.91 Å². The van der Waals surface area contributed by atoms with E-state index >= 15 is 0 Å². The van der Waals surface area contributed by atoms with Crippen molar-refractivity contribution in [1.29, 1.82) is 0 Å². The molecule has 0 aromatic heterocycles. The van der Waals surface area contributed by atoms with Crippen molar-refractivity contribution in [3.8, 4) is 5.75 Å². The van der Waals surface area contributed by atoms with Crippen LogP contribution >= 0.6 is 0 Å². The first-order valence-corrected chi connectivity index (χ1v) is 7.78. The molecule has 2 aliphatic rings. The fraction of sp³-hybridized carbons (Fsp3) is 0.588. The van der Waals surface area contributed by atoms with Crippen LogP contribution in [0.1, 0.15) is 37.8 Å². The molecule has 1 saturated heterocycles. The van der Waals surface area contributed by atoms with Crippen LogP contribution in [0, 0.1) is 6.92 Å². The van der Waals surface area contributed by atoms with Gasteiger partial charge in [-0.15, -0.1) is 0 Å². The zero-order valence-corrected chi connectivity index (χ0v) is 13.2. The highest BCUT2D eigenvalue weighted by molar-refractivity contribution is 5.94. The molecule has 0 unspecified atom stereocenters. The Kier molecular flexibility index (Phi) is 3.66. The molecule has 21 heavy (non-hydrogen) atoms. The van der Waals surface area contributed by atoms with Gasteiger partial charge < -0.3 is 10.1 Å². The largest absolute Gasteiger partial charge is 0.485 e.